The van der Waals surface area contributed by atoms with Crippen LogP contribution in [-0.2, 0) is 50.5 Å². The molecule has 2 aromatic carbocycles. The lowest BCUT2D eigenvalue weighted by Crippen LogP contribution is -2.46. The summed E-state index contributed by atoms with van der Waals surface area (Å²) in [5.74, 6) is -3.62. The van der Waals surface area contributed by atoms with Gasteiger partial charge < -0.3 is 26.0 Å². The molecule has 50 heavy (non-hydrogen) atoms. The van der Waals surface area contributed by atoms with E-state index in [1.54, 1.807) is 37.5 Å². The van der Waals surface area contributed by atoms with Crippen LogP contribution in [0.3, 0.4) is 0 Å². The zero-order valence-corrected chi connectivity index (χ0v) is 27.3. The smallest absolute Gasteiger partial charge is 0.475 e. The number of carbonyl (C=O) groups excluding carboxylic acids is 3. The van der Waals surface area contributed by atoms with Gasteiger partial charge in [0, 0.05) is 30.5 Å². The number of carboxylic acid groups (broad SMARTS) is 1. The molecule has 16 heteroatoms. The molecular formula is C34H35F6N5O5. The van der Waals surface area contributed by atoms with Gasteiger partial charge in [0.25, 0.3) is 0 Å². The summed E-state index contributed by atoms with van der Waals surface area (Å²) in [6.45, 7) is 2.52. The Morgan fingerprint density at radius 3 is 2.22 bits per heavy atom. The molecular weight excluding hydrogens is 672 g/mol. The van der Waals surface area contributed by atoms with Crippen molar-refractivity contribution in [1.29, 1.82) is 0 Å². The van der Waals surface area contributed by atoms with Crippen LogP contribution in [0.2, 0.25) is 0 Å². The highest BCUT2D eigenvalue weighted by Gasteiger charge is 2.51. The minimum absolute atomic E-state index is 0.0271. The van der Waals surface area contributed by atoms with Crippen molar-refractivity contribution in [3.05, 3.63) is 88.6 Å². The van der Waals surface area contributed by atoms with Gasteiger partial charge in [-0.25, -0.2) is 9.78 Å². The second-order valence-electron chi connectivity index (χ2n) is 12.8. The number of nitrogens with zero attached hydrogens (tertiary/aromatic N) is 2. The largest absolute Gasteiger partial charge is 0.490 e. The quantitative estimate of drug-likeness (QED) is 0.219. The van der Waals surface area contributed by atoms with Crippen LogP contribution >= 0.6 is 0 Å². The molecule has 1 aromatic heterocycles. The van der Waals surface area contributed by atoms with E-state index in [4.69, 9.17) is 9.90 Å². The van der Waals surface area contributed by atoms with E-state index in [0.29, 0.717) is 30.9 Å². The number of aliphatic carboxylic acids is 1. The Labute approximate surface area is 283 Å². The van der Waals surface area contributed by atoms with Crippen LogP contribution in [0.1, 0.15) is 48.1 Å². The first kappa shape index (κ1) is 37.8. The first-order chi connectivity index (χ1) is 23.3. The summed E-state index contributed by atoms with van der Waals surface area (Å²) >= 11 is 0. The molecule has 0 unspecified atom stereocenters. The Hall–Kier alpha value is -4.99. The number of hydrogen-bond acceptors (Lipinski definition) is 6. The Morgan fingerprint density at radius 1 is 0.960 bits per heavy atom. The molecule has 1 atom stereocenters. The van der Waals surface area contributed by atoms with Crippen LogP contribution in [0, 0.1) is 5.41 Å². The predicted octanol–water partition coefficient (Wildman–Crippen LogP) is 5.37. The number of alkyl halides is 6. The fourth-order valence-electron chi connectivity index (χ4n) is 6.20. The fourth-order valence-corrected chi connectivity index (χ4v) is 6.20. The zero-order chi connectivity index (χ0) is 37.1. The highest BCUT2D eigenvalue weighted by molar-refractivity contribution is 6.06. The summed E-state index contributed by atoms with van der Waals surface area (Å²) in [5.41, 5.74) is 2.28. The maximum absolute atomic E-state index is 13.5. The van der Waals surface area contributed by atoms with Crippen LogP contribution in [0.25, 0.3) is 0 Å². The molecule has 0 saturated heterocycles. The molecule has 1 aliphatic heterocycles. The van der Waals surface area contributed by atoms with Crippen molar-refractivity contribution in [3.8, 4) is 0 Å². The zero-order valence-electron chi connectivity index (χ0n) is 27.3. The van der Waals surface area contributed by atoms with Crippen molar-refractivity contribution in [2.24, 2.45) is 5.41 Å². The Kier molecular flexibility index (Phi) is 10.9. The van der Waals surface area contributed by atoms with E-state index in [1.165, 1.54) is 18.7 Å². The number of rotatable bonds is 9. The number of anilines is 2. The Morgan fingerprint density at radius 2 is 1.60 bits per heavy atom. The molecule has 0 saturated carbocycles. The maximum Gasteiger partial charge on any atom is 0.490 e. The van der Waals surface area contributed by atoms with Gasteiger partial charge in [0.05, 0.1) is 17.3 Å². The highest BCUT2D eigenvalue weighted by atomic mass is 19.4. The van der Waals surface area contributed by atoms with Gasteiger partial charge in [-0.15, -0.1) is 0 Å². The van der Waals surface area contributed by atoms with E-state index in [0.717, 1.165) is 27.8 Å². The van der Waals surface area contributed by atoms with Crippen molar-refractivity contribution >= 4 is 35.2 Å². The van der Waals surface area contributed by atoms with E-state index in [-0.39, 0.29) is 12.5 Å². The number of nitrogens with one attached hydrogen (secondary N) is 3. The molecule has 1 aliphatic carbocycles. The first-order valence-electron chi connectivity index (χ1n) is 15.3. The van der Waals surface area contributed by atoms with Crippen molar-refractivity contribution in [2.75, 3.05) is 24.2 Å². The lowest BCUT2D eigenvalue weighted by Gasteiger charge is -2.32. The number of pyridine rings is 1. The van der Waals surface area contributed by atoms with Gasteiger partial charge in [0.15, 0.2) is 0 Å². The third-order valence-electron chi connectivity index (χ3n) is 8.40. The van der Waals surface area contributed by atoms with Gasteiger partial charge in [-0.3, -0.25) is 14.4 Å². The molecule has 10 nitrogen and oxygen atoms in total. The summed E-state index contributed by atoms with van der Waals surface area (Å²) in [5, 5.41) is 15.9. The fraction of sp³-hybridized carbons (Fsp3) is 0.382. The molecule has 0 bridgehead atoms. The van der Waals surface area contributed by atoms with Crippen molar-refractivity contribution in [2.45, 2.75) is 64.0 Å². The van der Waals surface area contributed by atoms with E-state index in [9.17, 15) is 40.7 Å². The van der Waals surface area contributed by atoms with Crippen LogP contribution in [0.5, 0.6) is 0 Å². The van der Waals surface area contributed by atoms with Crippen LogP contribution in [0.15, 0.2) is 60.8 Å². The topological polar surface area (TPSA) is 141 Å². The third-order valence-corrected chi connectivity index (χ3v) is 8.40. The standard InChI is InChI=1S/C32H34F3N5O3.C2HF3O2/c1-30(2,19-32(33,34)35)29(43)40(17-22-8-5-4-7-21(22)16-36-3)18-26(41)38-24-11-10-20-14-31(15-23(20)13-24)25-9-6-12-37-27(25)39-28(31)42;3-2(4,5)1(6)7/h4-13,36H,14-19H2,1-3H3,(H,38,41)(H,37,39,42);(H,6,7)/t31-;/m1./s1. The normalized spacial score (nSPS) is 16.5. The Bertz CT molecular complexity index is 1780. The summed E-state index contributed by atoms with van der Waals surface area (Å²) in [6, 6.07) is 16.4. The number of hydrogen-bond donors (Lipinski definition) is 4. The molecule has 3 amide bonds. The lowest BCUT2D eigenvalue weighted by atomic mass is 9.79. The highest BCUT2D eigenvalue weighted by Crippen LogP contribution is 2.47. The van der Waals surface area contributed by atoms with Gasteiger partial charge in [-0.1, -0.05) is 50.2 Å². The van der Waals surface area contributed by atoms with Gasteiger partial charge in [-0.05, 0) is 60.3 Å². The molecule has 1 spiro atoms. The number of amides is 3. The minimum atomic E-state index is -5.08. The number of fused-ring (bicyclic) bond motifs is 3. The van der Waals surface area contributed by atoms with Gasteiger partial charge >= 0.3 is 18.3 Å². The maximum atomic E-state index is 13.5. The van der Waals surface area contributed by atoms with Crippen molar-refractivity contribution in [1.82, 2.24) is 15.2 Å². The third kappa shape index (κ3) is 8.77. The molecule has 2 heterocycles. The predicted molar refractivity (Wildman–Crippen MR) is 170 cm³/mol. The molecule has 4 N–H and O–H groups in total. The monoisotopic (exact) mass is 707 g/mol. The number of carboxylic acids is 1. The van der Waals surface area contributed by atoms with Crippen LogP contribution in [-0.4, -0.2) is 64.6 Å². The molecule has 0 radical (unpaired) electrons. The van der Waals surface area contributed by atoms with Gasteiger partial charge in [0.1, 0.15) is 12.4 Å². The molecule has 0 fully saturated rings. The molecule has 3 aromatic rings. The van der Waals surface area contributed by atoms with E-state index >= 15 is 0 Å². The first-order valence-corrected chi connectivity index (χ1v) is 15.3. The lowest BCUT2D eigenvalue weighted by molar-refractivity contribution is -0.192. The van der Waals surface area contributed by atoms with E-state index in [2.05, 4.69) is 20.9 Å². The SMILES string of the molecule is CNCc1ccccc1CN(CC(=O)Nc1ccc2c(c1)C[C@@]1(C2)C(=O)Nc2ncccc21)C(=O)C(C)(C)CC(F)(F)F.O=C(O)C(F)(F)F. The van der Waals surface area contributed by atoms with Crippen LogP contribution in [0.4, 0.5) is 37.8 Å². The van der Waals surface area contributed by atoms with Gasteiger partial charge in [0.2, 0.25) is 17.7 Å². The summed E-state index contributed by atoms with van der Waals surface area (Å²) in [7, 11) is 1.77. The Balaban J connectivity index is 0.000000727. The number of carbonyl (C=O) groups is 4. The molecule has 2 aliphatic rings. The second-order valence-corrected chi connectivity index (χ2v) is 12.8. The minimum Gasteiger partial charge on any atom is -0.475 e. The average molecular weight is 708 g/mol. The average Bonchev–Trinajstić information content (AvgIpc) is 3.52. The van der Waals surface area contributed by atoms with Gasteiger partial charge in [-0.2, -0.15) is 26.3 Å². The summed E-state index contributed by atoms with van der Waals surface area (Å²) in [4.78, 5) is 54.2. The second kappa shape index (κ2) is 14.5. The van der Waals surface area contributed by atoms with E-state index in [1.807, 2.05) is 30.3 Å². The van der Waals surface area contributed by atoms with Crippen molar-refractivity contribution < 1.29 is 50.6 Å². The summed E-state index contributed by atoms with van der Waals surface area (Å²) < 4.78 is 71.8. The summed E-state index contributed by atoms with van der Waals surface area (Å²) in [6.07, 6.45) is -8.37. The molecule has 268 valence electrons. The molecule has 5 rings (SSSR count). The van der Waals surface area contributed by atoms with Crippen molar-refractivity contribution in [3.63, 3.8) is 0 Å². The van der Waals surface area contributed by atoms with Crippen LogP contribution < -0.4 is 16.0 Å². The number of benzene rings is 2. The number of halogens is 6. The number of aromatic nitrogens is 1. The van der Waals surface area contributed by atoms with E-state index < -0.39 is 53.9 Å².